The average molecular weight is 170 g/mol. The summed E-state index contributed by atoms with van der Waals surface area (Å²) >= 11 is 0. The zero-order valence-corrected chi connectivity index (χ0v) is 7.45. The lowest BCUT2D eigenvalue weighted by molar-refractivity contribution is -0.0608. The van der Waals surface area contributed by atoms with Gasteiger partial charge in [-0.25, -0.2) is 0 Å². The van der Waals surface area contributed by atoms with Gasteiger partial charge in [0.2, 0.25) is 0 Å². The number of aliphatic hydroxyl groups excluding tert-OH is 2. The Hall–Kier alpha value is -0.0800. The summed E-state index contributed by atoms with van der Waals surface area (Å²) in [6, 6.07) is 0. The van der Waals surface area contributed by atoms with Crippen LogP contribution in [0.4, 0.5) is 0 Å². The van der Waals surface area contributed by atoms with Crippen molar-refractivity contribution in [2.45, 2.75) is 50.7 Å². The fraction of sp³-hybridized carbons (Fsp3) is 1.00. The van der Waals surface area contributed by atoms with E-state index in [0.29, 0.717) is 11.8 Å². The predicted octanol–water partition coefficient (Wildman–Crippen LogP) is 1.31. The Bertz CT molecular complexity index is 140. The first-order chi connectivity index (χ1) is 5.79. The van der Waals surface area contributed by atoms with Crippen molar-refractivity contribution in [3.8, 4) is 0 Å². The van der Waals surface area contributed by atoms with E-state index in [4.69, 9.17) is 0 Å². The van der Waals surface area contributed by atoms with Crippen LogP contribution in [-0.4, -0.2) is 22.4 Å². The Morgan fingerprint density at radius 1 is 0.667 bits per heavy atom. The van der Waals surface area contributed by atoms with Crippen molar-refractivity contribution < 1.29 is 10.2 Å². The summed E-state index contributed by atoms with van der Waals surface area (Å²) in [5.74, 6) is 0.810. The number of fused-ring (bicyclic) bond motifs is 1. The minimum Gasteiger partial charge on any atom is -0.393 e. The molecule has 2 nitrogen and oxygen atoms in total. The highest BCUT2D eigenvalue weighted by Crippen LogP contribution is 2.40. The summed E-state index contributed by atoms with van der Waals surface area (Å²) in [5.41, 5.74) is 0. The van der Waals surface area contributed by atoms with Crippen LogP contribution < -0.4 is 0 Å². The van der Waals surface area contributed by atoms with Gasteiger partial charge in [-0.3, -0.25) is 0 Å². The van der Waals surface area contributed by atoms with Crippen molar-refractivity contribution in [2.24, 2.45) is 11.8 Å². The number of hydrogen-bond donors (Lipinski definition) is 2. The first-order valence-electron chi connectivity index (χ1n) is 5.15. The molecule has 0 radical (unpaired) electrons. The van der Waals surface area contributed by atoms with Gasteiger partial charge in [0.25, 0.3) is 0 Å². The van der Waals surface area contributed by atoms with E-state index in [0.717, 1.165) is 25.7 Å². The fourth-order valence-electron chi connectivity index (χ4n) is 2.91. The van der Waals surface area contributed by atoms with Gasteiger partial charge in [-0.2, -0.15) is 0 Å². The minimum absolute atomic E-state index is 0.126. The smallest absolute Gasteiger partial charge is 0.0573 e. The Kier molecular flexibility index (Phi) is 2.37. The van der Waals surface area contributed by atoms with Gasteiger partial charge in [0.05, 0.1) is 12.2 Å². The van der Waals surface area contributed by atoms with Crippen LogP contribution >= 0.6 is 0 Å². The maximum absolute atomic E-state index is 9.71. The van der Waals surface area contributed by atoms with Crippen molar-refractivity contribution in [2.75, 3.05) is 0 Å². The summed E-state index contributed by atoms with van der Waals surface area (Å²) < 4.78 is 0. The van der Waals surface area contributed by atoms with Crippen LogP contribution in [0.1, 0.15) is 38.5 Å². The molecule has 0 aromatic carbocycles. The third-order valence-electron chi connectivity index (χ3n) is 3.62. The second-order valence-corrected chi connectivity index (χ2v) is 4.32. The molecule has 70 valence electrons. The highest BCUT2D eigenvalue weighted by Gasteiger charge is 2.38. The molecule has 2 fully saturated rings. The van der Waals surface area contributed by atoms with E-state index in [1.165, 1.54) is 12.8 Å². The van der Waals surface area contributed by atoms with E-state index in [1.54, 1.807) is 0 Å². The van der Waals surface area contributed by atoms with Crippen LogP contribution in [0.25, 0.3) is 0 Å². The minimum atomic E-state index is -0.126. The zero-order valence-electron chi connectivity index (χ0n) is 7.45. The Labute approximate surface area is 73.6 Å². The van der Waals surface area contributed by atoms with Gasteiger partial charge in [-0.1, -0.05) is 12.8 Å². The first kappa shape index (κ1) is 8.52. The van der Waals surface area contributed by atoms with E-state index < -0.39 is 0 Å². The molecule has 0 aromatic rings. The zero-order chi connectivity index (χ0) is 8.55. The van der Waals surface area contributed by atoms with Crippen LogP contribution in [0.3, 0.4) is 0 Å². The van der Waals surface area contributed by atoms with Gasteiger partial charge in [0.15, 0.2) is 0 Å². The van der Waals surface area contributed by atoms with Gasteiger partial charge < -0.3 is 10.2 Å². The average Bonchev–Trinajstić information content (AvgIpc) is 2.12. The quantitative estimate of drug-likeness (QED) is 0.575. The van der Waals surface area contributed by atoms with Crippen molar-refractivity contribution in [3.63, 3.8) is 0 Å². The molecule has 2 saturated carbocycles. The van der Waals surface area contributed by atoms with E-state index in [2.05, 4.69) is 0 Å². The largest absolute Gasteiger partial charge is 0.393 e. The van der Waals surface area contributed by atoms with Gasteiger partial charge in [0.1, 0.15) is 0 Å². The summed E-state index contributed by atoms with van der Waals surface area (Å²) in [4.78, 5) is 0. The molecule has 0 bridgehead atoms. The number of aliphatic hydroxyl groups is 2. The third kappa shape index (κ3) is 1.38. The van der Waals surface area contributed by atoms with E-state index >= 15 is 0 Å². The highest BCUT2D eigenvalue weighted by molar-refractivity contribution is 4.89. The number of hydrogen-bond acceptors (Lipinski definition) is 2. The standard InChI is InChI=1S/C10H18O2/c11-9-5-6-10(12)8-4-2-1-3-7(8)9/h7-12H,1-6H2/t7-,8+,9+,10?/m0/s1. The molecule has 0 aromatic heterocycles. The fourth-order valence-corrected chi connectivity index (χ4v) is 2.91. The molecule has 4 atom stereocenters. The number of rotatable bonds is 0. The highest BCUT2D eigenvalue weighted by atomic mass is 16.3. The molecule has 2 heteroatoms. The summed E-state index contributed by atoms with van der Waals surface area (Å²) in [6.07, 6.45) is 6.10. The monoisotopic (exact) mass is 170 g/mol. The van der Waals surface area contributed by atoms with Crippen molar-refractivity contribution in [1.29, 1.82) is 0 Å². The van der Waals surface area contributed by atoms with Crippen LogP contribution in [0.2, 0.25) is 0 Å². The maximum atomic E-state index is 9.71. The molecule has 2 N–H and O–H groups in total. The molecule has 12 heavy (non-hydrogen) atoms. The molecule has 0 amide bonds. The van der Waals surface area contributed by atoms with Crippen molar-refractivity contribution >= 4 is 0 Å². The van der Waals surface area contributed by atoms with Crippen LogP contribution in [0.15, 0.2) is 0 Å². The molecule has 0 aliphatic heterocycles. The van der Waals surface area contributed by atoms with Gasteiger partial charge in [-0.05, 0) is 37.5 Å². The molecule has 2 aliphatic rings. The van der Waals surface area contributed by atoms with Gasteiger partial charge >= 0.3 is 0 Å². The van der Waals surface area contributed by atoms with Crippen molar-refractivity contribution in [1.82, 2.24) is 0 Å². The predicted molar refractivity (Wildman–Crippen MR) is 46.7 cm³/mol. The van der Waals surface area contributed by atoms with E-state index in [-0.39, 0.29) is 12.2 Å². The molecule has 2 aliphatic carbocycles. The normalized spacial score (nSPS) is 48.5. The molecule has 1 unspecified atom stereocenters. The maximum Gasteiger partial charge on any atom is 0.0573 e. The van der Waals surface area contributed by atoms with Gasteiger partial charge in [0, 0.05) is 0 Å². The van der Waals surface area contributed by atoms with Crippen molar-refractivity contribution in [3.05, 3.63) is 0 Å². The Morgan fingerprint density at radius 2 is 1.08 bits per heavy atom. The molecule has 0 spiro atoms. The molecule has 2 rings (SSSR count). The Balaban J connectivity index is 2.05. The van der Waals surface area contributed by atoms with E-state index in [1.807, 2.05) is 0 Å². The lowest BCUT2D eigenvalue weighted by Gasteiger charge is -2.41. The molecule has 0 heterocycles. The second-order valence-electron chi connectivity index (χ2n) is 4.32. The third-order valence-corrected chi connectivity index (χ3v) is 3.62. The van der Waals surface area contributed by atoms with Crippen LogP contribution in [0, 0.1) is 11.8 Å². The van der Waals surface area contributed by atoms with Crippen LogP contribution in [-0.2, 0) is 0 Å². The van der Waals surface area contributed by atoms with Crippen LogP contribution in [0.5, 0.6) is 0 Å². The summed E-state index contributed by atoms with van der Waals surface area (Å²) in [7, 11) is 0. The van der Waals surface area contributed by atoms with Gasteiger partial charge in [-0.15, -0.1) is 0 Å². The summed E-state index contributed by atoms with van der Waals surface area (Å²) in [5, 5.41) is 19.4. The van der Waals surface area contributed by atoms with E-state index in [9.17, 15) is 10.2 Å². The lowest BCUT2D eigenvalue weighted by atomic mass is 9.68. The topological polar surface area (TPSA) is 40.5 Å². The summed E-state index contributed by atoms with van der Waals surface area (Å²) in [6.45, 7) is 0. The second kappa shape index (κ2) is 3.35. The first-order valence-corrected chi connectivity index (χ1v) is 5.15. The lowest BCUT2D eigenvalue weighted by Crippen LogP contribution is -2.42. The Morgan fingerprint density at radius 3 is 1.50 bits per heavy atom. The molecule has 0 saturated heterocycles. The molecular weight excluding hydrogens is 152 g/mol. The SMILES string of the molecule is OC1CC[C@@H](O)[C@H]2CCCC[C@@H]12. The molecular formula is C10H18O2.